The molecule has 0 bridgehead atoms. The van der Waals surface area contributed by atoms with Crippen molar-refractivity contribution in [1.29, 1.82) is 0 Å². The van der Waals surface area contributed by atoms with Crippen LogP contribution in [-0.4, -0.2) is 41.6 Å². The third-order valence-corrected chi connectivity index (χ3v) is 6.77. The number of benzene rings is 1. The molecule has 0 saturated heterocycles. The smallest absolute Gasteiger partial charge is 0.341 e. The Bertz CT molecular complexity index is 922. The van der Waals surface area contributed by atoms with Crippen LogP contribution in [0.5, 0.6) is 0 Å². The Morgan fingerprint density at radius 2 is 1.97 bits per heavy atom. The maximum atomic E-state index is 12.6. The van der Waals surface area contributed by atoms with Crippen LogP contribution in [0.1, 0.15) is 40.2 Å². The molecule has 8 heteroatoms. The minimum atomic E-state index is -0.428. The molecular formula is C21H24N2O4S2. The highest BCUT2D eigenvalue weighted by Crippen LogP contribution is 2.38. The molecule has 6 nitrogen and oxygen atoms in total. The van der Waals surface area contributed by atoms with E-state index in [-0.39, 0.29) is 24.2 Å². The summed E-state index contributed by atoms with van der Waals surface area (Å²) >= 11 is 2.80. The van der Waals surface area contributed by atoms with E-state index < -0.39 is 5.97 Å². The largest absolute Gasteiger partial charge is 0.462 e. The highest BCUT2D eigenvalue weighted by Gasteiger charge is 2.30. The molecule has 29 heavy (non-hydrogen) atoms. The fraction of sp³-hybridized carbons (Fsp3) is 0.381. The summed E-state index contributed by atoms with van der Waals surface area (Å²) in [6.45, 7) is 6.59. The minimum Gasteiger partial charge on any atom is -0.462 e. The van der Waals surface area contributed by atoms with Crippen LogP contribution in [0, 0.1) is 6.92 Å². The van der Waals surface area contributed by atoms with Crippen LogP contribution in [0.25, 0.3) is 0 Å². The van der Waals surface area contributed by atoms with Gasteiger partial charge in [-0.25, -0.2) is 4.79 Å². The van der Waals surface area contributed by atoms with Crippen LogP contribution in [0.15, 0.2) is 29.2 Å². The maximum Gasteiger partial charge on any atom is 0.341 e. The Hall–Kier alpha value is -2.32. The number of fused-ring (bicyclic) bond motifs is 1. The zero-order valence-electron chi connectivity index (χ0n) is 16.7. The molecule has 1 N–H and O–H groups in total. The van der Waals surface area contributed by atoms with Gasteiger partial charge in [-0.2, -0.15) is 0 Å². The van der Waals surface area contributed by atoms with Gasteiger partial charge in [0, 0.05) is 23.2 Å². The van der Waals surface area contributed by atoms with Crippen LogP contribution in [-0.2, 0) is 27.3 Å². The highest BCUT2D eigenvalue weighted by molar-refractivity contribution is 8.00. The number of amides is 2. The van der Waals surface area contributed by atoms with Crippen molar-refractivity contribution in [2.75, 3.05) is 24.2 Å². The molecule has 0 saturated carbocycles. The molecule has 1 aromatic carbocycles. The topological polar surface area (TPSA) is 75.7 Å². The van der Waals surface area contributed by atoms with Crippen LogP contribution in [0.2, 0.25) is 0 Å². The summed E-state index contributed by atoms with van der Waals surface area (Å²) in [5.74, 6) is -0.360. The normalized spacial score (nSPS) is 13.0. The molecule has 0 radical (unpaired) electrons. The van der Waals surface area contributed by atoms with Gasteiger partial charge in [0.15, 0.2) is 0 Å². The van der Waals surface area contributed by atoms with Gasteiger partial charge < -0.3 is 15.0 Å². The molecular weight excluding hydrogens is 408 g/mol. The third kappa shape index (κ3) is 5.19. The van der Waals surface area contributed by atoms with Gasteiger partial charge in [-0.05, 0) is 38.0 Å². The van der Waals surface area contributed by atoms with Gasteiger partial charge in [0.05, 0.1) is 24.5 Å². The number of nitrogens with one attached hydrogen (secondary N) is 1. The molecule has 2 aromatic rings. The van der Waals surface area contributed by atoms with Crippen molar-refractivity contribution in [2.24, 2.45) is 0 Å². The van der Waals surface area contributed by atoms with Crippen LogP contribution in [0.4, 0.5) is 5.00 Å². The molecule has 1 aliphatic heterocycles. The molecule has 1 aromatic heterocycles. The van der Waals surface area contributed by atoms with Gasteiger partial charge in [0.25, 0.3) is 0 Å². The van der Waals surface area contributed by atoms with Gasteiger partial charge >= 0.3 is 5.97 Å². The van der Waals surface area contributed by atoms with E-state index in [9.17, 15) is 14.4 Å². The summed E-state index contributed by atoms with van der Waals surface area (Å²) in [6, 6.07) is 7.98. The molecule has 0 unspecified atom stereocenters. The summed E-state index contributed by atoms with van der Waals surface area (Å²) in [4.78, 5) is 40.5. The summed E-state index contributed by atoms with van der Waals surface area (Å²) in [5.41, 5.74) is 2.48. The Morgan fingerprint density at radius 1 is 1.24 bits per heavy atom. The fourth-order valence-corrected chi connectivity index (χ4v) is 5.09. The van der Waals surface area contributed by atoms with Crippen LogP contribution < -0.4 is 5.32 Å². The van der Waals surface area contributed by atoms with E-state index in [0.29, 0.717) is 30.1 Å². The lowest BCUT2D eigenvalue weighted by molar-refractivity contribution is -0.129. The van der Waals surface area contributed by atoms with Gasteiger partial charge in [-0.3, -0.25) is 9.59 Å². The second-order valence-corrected chi connectivity index (χ2v) is 8.92. The van der Waals surface area contributed by atoms with E-state index in [1.54, 1.807) is 11.8 Å². The average Bonchev–Trinajstić information content (AvgIpc) is 3.04. The first kappa shape index (κ1) is 21.4. The Morgan fingerprint density at radius 3 is 2.62 bits per heavy atom. The first-order chi connectivity index (χ1) is 13.9. The van der Waals surface area contributed by atoms with Crippen molar-refractivity contribution in [1.82, 2.24) is 4.90 Å². The molecule has 2 heterocycles. The van der Waals surface area contributed by atoms with Crippen LogP contribution in [0.3, 0.4) is 0 Å². The molecule has 0 spiro atoms. The lowest BCUT2D eigenvalue weighted by atomic mass is 10.0. The number of ether oxygens (including phenoxy) is 1. The maximum absolute atomic E-state index is 12.6. The lowest BCUT2D eigenvalue weighted by Gasteiger charge is -2.25. The number of hydrogen-bond acceptors (Lipinski definition) is 6. The molecule has 0 fully saturated rings. The van der Waals surface area contributed by atoms with Crippen molar-refractivity contribution in [3.63, 3.8) is 0 Å². The number of thioether (sulfide) groups is 1. The Labute approximate surface area is 178 Å². The molecule has 3 rings (SSSR count). The van der Waals surface area contributed by atoms with Gasteiger partial charge in [0.2, 0.25) is 11.8 Å². The van der Waals surface area contributed by atoms with Crippen molar-refractivity contribution >= 4 is 45.9 Å². The van der Waals surface area contributed by atoms with E-state index >= 15 is 0 Å². The zero-order chi connectivity index (χ0) is 21.0. The second-order valence-electron chi connectivity index (χ2n) is 6.77. The van der Waals surface area contributed by atoms with Gasteiger partial charge in [-0.1, -0.05) is 17.7 Å². The monoisotopic (exact) mass is 432 g/mol. The summed E-state index contributed by atoms with van der Waals surface area (Å²) in [5, 5.41) is 3.39. The van der Waals surface area contributed by atoms with Crippen LogP contribution >= 0.6 is 23.1 Å². The average molecular weight is 433 g/mol. The second kappa shape index (κ2) is 9.45. The summed E-state index contributed by atoms with van der Waals surface area (Å²) in [6.07, 6.45) is 0.577. The number of rotatable bonds is 6. The number of carbonyl (C=O) groups excluding carboxylic acids is 3. The van der Waals surface area contributed by atoms with Gasteiger partial charge in [0.1, 0.15) is 5.00 Å². The van der Waals surface area contributed by atoms with Crippen molar-refractivity contribution in [3.8, 4) is 0 Å². The molecule has 1 aliphatic rings. The summed E-state index contributed by atoms with van der Waals surface area (Å²) < 4.78 is 5.22. The number of anilines is 1. The van der Waals surface area contributed by atoms with Crippen molar-refractivity contribution in [3.05, 3.63) is 45.8 Å². The number of hydrogen-bond donors (Lipinski definition) is 1. The molecule has 154 valence electrons. The molecule has 0 atom stereocenters. The van der Waals surface area contributed by atoms with E-state index in [1.807, 2.05) is 31.2 Å². The lowest BCUT2D eigenvalue weighted by Crippen LogP contribution is -2.34. The highest BCUT2D eigenvalue weighted by atomic mass is 32.2. The Balaban J connectivity index is 1.76. The fourth-order valence-electron chi connectivity index (χ4n) is 3.13. The van der Waals surface area contributed by atoms with E-state index in [2.05, 4.69) is 5.32 Å². The van der Waals surface area contributed by atoms with E-state index in [4.69, 9.17) is 4.74 Å². The predicted molar refractivity (Wildman–Crippen MR) is 116 cm³/mol. The van der Waals surface area contributed by atoms with Crippen molar-refractivity contribution < 1.29 is 19.1 Å². The summed E-state index contributed by atoms with van der Waals surface area (Å²) in [7, 11) is 0. The number of esters is 1. The zero-order valence-corrected chi connectivity index (χ0v) is 18.4. The minimum absolute atomic E-state index is 0.00168. The van der Waals surface area contributed by atoms with E-state index in [1.165, 1.54) is 35.6 Å². The number of carbonyl (C=O) groups is 3. The van der Waals surface area contributed by atoms with Gasteiger partial charge in [-0.15, -0.1) is 23.1 Å². The first-order valence-electron chi connectivity index (χ1n) is 9.45. The quantitative estimate of drug-likeness (QED) is 0.554. The molecule has 0 aliphatic carbocycles. The Kier molecular flexibility index (Phi) is 6.97. The third-order valence-electron chi connectivity index (χ3n) is 4.63. The standard InChI is InChI=1S/C21H24N2O4S2/c1-4-27-21(26)19-16-9-10-23(14(3)24)11-17(16)29-20(19)22-18(25)12-28-15-7-5-13(2)6-8-15/h5-8H,4,9-12H2,1-3H3,(H,22,25). The SMILES string of the molecule is CCOC(=O)c1c(NC(=O)CSc2ccc(C)cc2)sc2c1CCN(C(C)=O)C2. The predicted octanol–water partition coefficient (Wildman–Crippen LogP) is 3.87. The molecule has 2 amide bonds. The van der Waals surface area contributed by atoms with Crippen molar-refractivity contribution in [2.45, 2.75) is 38.6 Å². The number of aryl methyl sites for hydroxylation is 1. The number of thiophene rings is 1. The van der Waals surface area contributed by atoms with E-state index in [0.717, 1.165) is 15.3 Å². The first-order valence-corrected chi connectivity index (χ1v) is 11.3. The number of nitrogens with zero attached hydrogens (tertiary/aromatic N) is 1.